The van der Waals surface area contributed by atoms with E-state index < -0.39 is 40.0 Å². The van der Waals surface area contributed by atoms with E-state index in [1.807, 2.05) is 12.1 Å². The first-order chi connectivity index (χ1) is 18.2. The number of carbonyl (C=O) groups is 2. The fourth-order valence-corrected chi connectivity index (χ4v) is 5.16. The number of amides is 2. The maximum absolute atomic E-state index is 13.2. The van der Waals surface area contributed by atoms with Crippen molar-refractivity contribution in [2.75, 3.05) is 6.54 Å². The average Bonchev–Trinajstić information content (AvgIpc) is 3.44. The lowest BCUT2D eigenvalue weighted by Crippen LogP contribution is -2.53. The van der Waals surface area contributed by atoms with Gasteiger partial charge in [-0.3, -0.25) is 14.3 Å². The molecule has 0 saturated heterocycles. The zero-order valence-corrected chi connectivity index (χ0v) is 23.5. The molecule has 3 aromatic rings. The first kappa shape index (κ1) is 28.1. The van der Waals surface area contributed by atoms with Gasteiger partial charge in [0.25, 0.3) is 11.3 Å². The van der Waals surface area contributed by atoms with Crippen LogP contribution in [0.2, 0.25) is 0 Å². The van der Waals surface area contributed by atoms with Gasteiger partial charge in [-0.05, 0) is 72.1 Å². The number of alkyl carbamates (subject to hydrolysis) is 1. The smallest absolute Gasteiger partial charge is 0.407 e. The van der Waals surface area contributed by atoms with Gasteiger partial charge in [0.1, 0.15) is 11.2 Å². The number of aromatic nitrogens is 4. The molecule has 0 aromatic carbocycles. The highest BCUT2D eigenvalue weighted by molar-refractivity contribution is 5.92. The molecule has 3 N–H and O–H groups in total. The zero-order chi connectivity index (χ0) is 28.6. The minimum absolute atomic E-state index is 0.0524. The number of nitrogens with zero attached hydrogens (tertiary/aromatic N) is 4. The van der Waals surface area contributed by atoms with Crippen molar-refractivity contribution in [2.45, 2.75) is 90.4 Å². The van der Waals surface area contributed by atoms with E-state index in [1.165, 1.54) is 10.9 Å². The molecule has 39 heavy (non-hydrogen) atoms. The van der Waals surface area contributed by atoms with Gasteiger partial charge in [0.2, 0.25) is 0 Å². The molecule has 210 valence electrons. The third kappa shape index (κ3) is 6.23. The summed E-state index contributed by atoms with van der Waals surface area (Å²) < 4.78 is 8.91. The SMILES string of the molecule is Cc1cn(C2(Cn3cc(O)c(=O)c(C(=O)NC(C)(C)CNC(=O)OC(C)(C)C)n3)CCCC2)c2ncccc12. The number of hydrogen-bond donors (Lipinski definition) is 3. The van der Waals surface area contributed by atoms with Crippen molar-refractivity contribution in [1.82, 2.24) is 30.0 Å². The van der Waals surface area contributed by atoms with E-state index in [9.17, 15) is 19.5 Å². The maximum atomic E-state index is 13.2. The van der Waals surface area contributed by atoms with Gasteiger partial charge in [0, 0.05) is 24.3 Å². The first-order valence-corrected chi connectivity index (χ1v) is 13.2. The average molecular weight is 539 g/mol. The predicted octanol–water partition coefficient (Wildman–Crippen LogP) is 3.61. The maximum Gasteiger partial charge on any atom is 0.407 e. The van der Waals surface area contributed by atoms with Crippen LogP contribution in [0, 0.1) is 6.92 Å². The molecular weight excluding hydrogens is 500 g/mol. The van der Waals surface area contributed by atoms with E-state index in [4.69, 9.17) is 4.74 Å². The van der Waals surface area contributed by atoms with Crippen molar-refractivity contribution < 1.29 is 19.4 Å². The molecule has 0 radical (unpaired) electrons. The van der Waals surface area contributed by atoms with Crippen LogP contribution in [-0.2, 0) is 16.8 Å². The normalized spacial score (nSPS) is 15.3. The second kappa shape index (κ2) is 10.3. The van der Waals surface area contributed by atoms with E-state index in [0.717, 1.165) is 42.3 Å². The Morgan fingerprint density at radius 1 is 1.15 bits per heavy atom. The highest BCUT2D eigenvalue weighted by atomic mass is 16.6. The Hall–Kier alpha value is -3.89. The van der Waals surface area contributed by atoms with E-state index in [-0.39, 0.29) is 12.1 Å². The number of carbonyl (C=O) groups excluding carboxylic acids is 2. The molecule has 2 amide bonds. The molecule has 4 rings (SSSR count). The Kier molecular flexibility index (Phi) is 7.46. The van der Waals surface area contributed by atoms with Gasteiger partial charge < -0.3 is 25.0 Å². The fraction of sp³-hybridized carbons (Fsp3) is 0.536. The molecule has 1 saturated carbocycles. The molecule has 0 aliphatic heterocycles. The van der Waals surface area contributed by atoms with Crippen molar-refractivity contribution in [2.24, 2.45) is 0 Å². The molecule has 1 aliphatic rings. The van der Waals surface area contributed by atoms with Gasteiger partial charge in [-0.25, -0.2) is 9.78 Å². The summed E-state index contributed by atoms with van der Waals surface area (Å²) in [4.78, 5) is 42.6. The standard InChI is InChI=1S/C28H38N6O5/c1-18-14-34(23-19(18)10-9-13-29-23)28(11-7-8-12-28)17-33-15-20(35)22(36)21(32-33)24(37)31-27(5,6)16-30-25(38)39-26(2,3)4/h9-10,13-15,35H,7-8,11-12,16-17H2,1-6H3,(H,30,38)(H,31,37). The topological polar surface area (TPSA) is 140 Å². The van der Waals surface area contributed by atoms with Crippen molar-refractivity contribution in [3.63, 3.8) is 0 Å². The Morgan fingerprint density at radius 3 is 2.51 bits per heavy atom. The second-order valence-corrected chi connectivity index (χ2v) is 12.1. The van der Waals surface area contributed by atoms with Gasteiger partial charge in [0.05, 0.1) is 23.8 Å². The van der Waals surface area contributed by atoms with Crippen molar-refractivity contribution in [3.05, 3.63) is 52.2 Å². The van der Waals surface area contributed by atoms with Gasteiger partial charge in [0.15, 0.2) is 11.4 Å². The molecule has 0 spiro atoms. The van der Waals surface area contributed by atoms with Crippen molar-refractivity contribution >= 4 is 23.0 Å². The molecule has 11 nitrogen and oxygen atoms in total. The van der Waals surface area contributed by atoms with Crippen LogP contribution in [0.15, 0.2) is 35.5 Å². The van der Waals surface area contributed by atoms with E-state index in [1.54, 1.807) is 40.8 Å². The highest BCUT2D eigenvalue weighted by Crippen LogP contribution is 2.40. The summed E-state index contributed by atoms with van der Waals surface area (Å²) in [5.74, 6) is -1.30. The fourth-order valence-electron chi connectivity index (χ4n) is 5.16. The number of aryl methyl sites for hydroxylation is 1. The molecule has 1 fully saturated rings. The minimum Gasteiger partial charge on any atom is -0.503 e. The Labute approximate surface area is 227 Å². The number of ether oxygens (including phenoxy) is 1. The lowest BCUT2D eigenvalue weighted by molar-refractivity contribution is 0.0509. The van der Waals surface area contributed by atoms with Crippen LogP contribution in [-0.4, -0.2) is 54.1 Å². The molecule has 1 aliphatic carbocycles. The largest absolute Gasteiger partial charge is 0.503 e. The number of rotatable bonds is 7. The van der Waals surface area contributed by atoms with Crippen molar-refractivity contribution in [1.29, 1.82) is 0 Å². The van der Waals surface area contributed by atoms with Crippen molar-refractivity contribution in [3.8, 4) is 5.75 Å². The van der Waals surface area contributed by atoms with Crippen LogP contribution in [0.4, 0.5) is 4.79 Å². The second-order valence-electron chi connectivity index (χ2n) is 12.1. The highest BCUT2D eigenvalue weighted by Gasteiger charge is 2.38. The van der Waals surface area contributed by atoms with E-state index in [0.29, 0.717) is 6.54 Å². The number of pyridine rings is 1. The van der Waals surface area contributed by atoms with Crippen LogP contribution in [0.1, 0.15) is 76.4 Å². The van der Waals surface area contributed by atoms with Crippen LogP contribution < -0.4 is 16.1 Å². The van der Waals surface area contributed by atoms with E-state index in [2.05, 4.69) is 38.4 Å². The minimum atomic E-state index is -0.932. The third-order valence-corrected chi connectivity index (χ3v) is 6.95. The summed E-state index contributed by atoms with van der Waals surface area (Å²) in [6.07, 6.45) is 8.30. The first-order valence-electron chi connectivity index (χ1n) is 13.2. The van der Waals surface area contributed by atoms with Crippen LogP contribution in [0.25, 0.3) is 11.0 Å². The summed E-state index contributed by atoms with van der Waals surface area (Å²) in [7, 11) is 0. The number of fused-ring (bicyclic) bond motifs is 1. The summed E-state index contributed by atoms with van der Waals surface area (Å²) in [5.41, 5.74) is -1.25. The summed E-state index contributed by atoms with van der Waals surface area (Å²) in [5, 5.41) is 21.3. The Morgan fingerprint density at radius 2 is 1.85 bits per heavy atom. The van der Waals surface area contributed by atoms with Gasteiger partial charge in [-0.2, -0.15) is 5.10 Å². The number of aromatic hydroxyl groups is 1. The molecule has 0 unspecified atom stereocenters. The molecule has 3 heterocycles. The van der Waals surface area contributed by atoms with Crippen LogP contribution >= 0.6 is 0 Å². The Balaban J connectivity index is 1.58. The summed E-state index contributed by atoms with van der Waals surface area (Å²) in [6.45, 7) is 11.1. The summed E-state index contributed by atoms with van der Waals surface area (Å²) >= 11 is 0. The quantitative estimate of drug-likeness (QED) is 0.417. The van der Waals surface area contributed by atoms with E-state index >= 15 is 0 Å². The van der Waals surface area contributed by atoms with Gasteiger partial charge in [-0.1, -0.05) is 12.8 Å². The zero-order valence-electron chi connectivity index (χ0n) is 23.5. The number of nitrogens with one attached hydrogen (secondary N) is 2. The Bertz CT molecular complexity index is 1440. The third-order valence-electron chi connectivity index (χ3n) is 6.95. The van der Waals surface area contributed by atoms with Crippen LogP contribution in [0.3, 0.4) is 0 Å². The lowest BCUT2D eigenvalue weighted by Gasteiger charge is -2.32. The molecule has 3 aromatic heterocycles. The molecule has 0 atom stereocenters. The summed E-state index contributed by atoms with van der Waals surface area (Å²) in [6, 6.07) is 3.96. The molecule has 0 bridgehead atoms. The van der Waals surface area contributed by atoms with Gasteiger partial charge >= 0.3 is 6.09 Å². The molecule has 11 heteroatoms. The lowest BCUT2D eigenvalue weighted by atomic mass is 9.97. The monoisotopic (exact) mass is 538 g/mol. The predicted molar refractivity (Wildman–Crippen MR) is 147 cm³/mol. The van der Waals surface area contributed by atoms with Crippen LogP contribution in [0.5, 0.6) is 5.75 Å². The molecular formula is C28H38N6O5. The van der Waals surface area contributed by atoms with Gasteiger partial charge in [-0.15, -0.1) is 0 Å². The number of hydrogen-bond acceptors (Lipinski definition) is 7.